The molecule has 1 aliphatic rings. The van der Waals surface area contributed by atoms with Gasteiger partial charge in [-0.2, -0.15) is 0 Å². The lowest BCUT2D eigenvalue weighted by molar-refractivity contribution is 0.0796. The lowest BCUT2D eigenvalue weighted by Gasteiger charge is -2.39. The van der Waals surface area contributed by atoms with E-state index in [4.69, 9.17) is 0 Å². The molecule has 1 fully saturated rings. The number of piperazine rings is 1. The lowest BCUT2D eigenvalue weighted by atomic mass is 10.1. The van der Waals surface area contributed by atoms with Crippen LogP contribution in [-0.4, -0.2) is 54.3 Å². The molecular weight excluding hydrogens is 255 g/mol. The predicted octanol–water partition coefficient (Wildman–Crippen LogP) is 2.42. The summed E-state index contributed by atoms with van der Waals surface area (Å²) in [6, 6.07) is 6.37. The zero-order valence-electron chi connectivity index (χ0n) is 12.3. The molecule has 0 aromatic heterocycles. The third-order valence-corrected chi connectivity index (χ3v) is 4.08. The number of carbonyl (C=O) groups excluding carboxylic acids is 1. The van der Waals surface area contributed by atoms with Crippen LogP contribution in [0.3, 0.4) is 0 Å². The van der Waals surface area contributed by atoms with E-state index in [1.807, 2.05) is 0 Å². The summed E-state index contributed by atoms with van der Waals surface area (Å²) in [7, 11) is 0. The quantitative estimate of drug-likeness (QED) is 0.773. The molecule has 0 spiro atoms. The van der Waals surface area contributed by atoms with Crippen molar-refractivity contribution >= 4 is 5.78 Å². The fraction of sp³-hybridized carbons (Fsp3) is 0.562. The highest BCUT2D eigenvalue weighted by Gasteiger charge is 2.22. The highest BCUT2D eigenvalue weighted by molar-refractivity contribution is 5.96. The lowest BCUT2D eigenvalue weighted by Crippen LogP contribution is -2.51. The molecule has 1 saturated heterocycles. The summed E-state index contributed by atoms with van der Waals surface area (Å²) in [5.74, 6) is -0.207. The van der Waals surface area contributed by atoms with Crippen molar-refractivity contribution in [3.8, 4) is 0 Å². The third-order valence-electron chi connectivity index (χ3n) is 4.08. The van der Waals surface area contributed by atoms with Crippen LogP contribution in [0.15, 0.2) is 24.3 Å². The van der Waals surface area contributed by atoms with Crippen molar-refractivity contribution in [1.82, 2.24) is 9.80 Å². The van der Waals surface area contributed by atoms with E-state index in [9.17, 15) is 9.18 Å². The second-order valence-corrected chi connectivity index (χ2v) is 5.46. The first-order valence-electron chi connectivity index (χ1n) is 7.35. The highest BCUT2D eigenvalue weighted by atomic mass is 19.1. The average molecular weight is 278 g/mol. The maximum atomic E-state index is 12.8. The van der Waals surface area contributed by atoms with Gasteiger partial charge in [-0.3, -0.25) is 9.69 Å². The molecule has 1 aromatic carbocycles. The first-order valence-corrected chi connectivity index (χ1v) is 7.35. The standard InChI is InChI=1S/C16H23FN2O/c1-3-19-11-10-18(12-13(19)2)9-8-16(20)14-4-6-15(17)7-5-14/h4-7,13H,3,8-12H2,1-2H3. The van der Waals surface area contributed by atoms with Crippen LogP contribution in [-0.2, 0) is 0 Å². The number of hydrogen-bond acceptors (Lipinski definition) is 3. The Hall–Kier alpha value is -1.26. The molecule has 20 heavy (non-hydrogen) atoms. The molecule has 0 aliphatic carbocycles. The second kappa shape index (κ2) is 6.95. The van der Waals surface area contributed by atoms with Gasteiger partial charge >= 0.3 is 0 Å². The highest BCUT2D eigenvalue weighted by Crippen LogP contribution is 2.11. The number of nitrogens with zero attached hydrogens (tertiary/aromatic N) is 2. The first kappa shape index (κ1) is 15.1. The van der Waals surface area contributed by atoms with E-state index in [-0.39, 0.29) is 11.6 Å². The fourth-order valence-corrected chi connectivity index (χ4v) is 2.78. The van der Waals surface area contributed by atoms with Crippen molar-refractivity contribution in [3.05, 3.63) is 35.6 Å². The van der Waals surface area contributed by atoms with Crippen LogP contribution in [0.5, 0.6) is 0 Å². The number of rotatable bonds is 5. The summed E-state index contributed by atoms with van der Waals surface area (Å²) in [5, 5.41) is 0. The van der Waals surface area contributed by atoms with E-state index in [1.54, 1.807) is 12.1 Å². The molecule has 0 bridgehead atoms. The first-order chi connectivity index (χ1) is 9.60. The van der Waals surface area contributed by atoms with Gasteiger partial charge in [-0.15, -0.1) is 0 Å². The predicted molar refractivity (Wildman–Crippen MR) is 78.5 cm³/mol. The Balaban J connectivity index is 1.81. The monoisotopic (exact) mass is 278 g/mol. The van der Waals surface area contributed by atoms with Gasteiger partial charge in [0.15, 0.2) is 5.78 Å². The number of benzene rings is 1. The topological polar surface area (TPSA) is 23.6 Å². The largest absolute Gasteiger partial charge is 0.300 e. The van der Waals surface area contributed by atoms with E-state index in [2.05, 4.69) is 23.6 Å². The van der Waals surface area contributed by atoms with Gasteiger partial charge in [0.25, 0.3) is 0 Å². The molecule has 1 atom stereocenters. The summed E-state index contributed by atoms with van der Waals surface area (Å²) < 4.78 is 12.8. The Morgan fingerprint density at radius 3 is 2.60 bits per heavy atom. The van der Waals surface area contributed by atoms with E-state index < -0.39 is 0 Å². The molecule has 4 heteroatoms. The Labute approximate surface area is 120 Å². The van der Waals surface area contributed by atoms with Crippen molar-refractivity contribution in [3.63, 3.8) is 0 Å². The normalized spacial score (nSPS) is 21.1. The van der Waals surface area contributed by atoms with Crippen LogP contribution in [0.2, 0.25) is 0 Å². The van der Waals surface area contributed by atoms with Gasteiger partial charge in [0, 0.05) is 44.2 Å². The maximum absolute atomic E-state index is 12.8. The molecule has 110 valence electrons. The van der Waals surface area contributed by atoms with Crippen molar-refractivity contribution in [1.29, 1.82) is 0 Å². The van der Waals surface area contributed by atoms with Crippen LogP contribution in [0, 0.1) is 5.82 Å². The fourth-order valence-electron chi connectivity index (χ4n) is 2.78. The number of ketones is 1. The van der Waals surface area contributed by atoms with Crippen LogP contribution in [0.4, 0.5) is 4.39 Å². The van der Waals surface area contributed by atoms with Crippen molar-refractivity contribution in [2.45, 2.75) is 26.3 Å². The molecule has 3 nitrogen and oxygen atoms in total. The van der Waals surface area contributed by atoms with Crippen molar-refractivity contribution < 1.29 is 9.18 Å². The van der Waals surface area contributed by atoms with Gasteiger partial charge < -0.3 is 4.90 Å². The molecule has 1 aromatic rings. The minimum absolute atomic E-state index is 0.0931. The van der Waals surface area contributed by atoms with Crippen LogP contribution in [0.1, 0.15) is 30.6 Å². The van der Waals surface area contributed by atoms with Gasteiger partial charge in [-0.05, 0) is 37.7 Å². The van der Waals surface area contributed by atoms with Gasteiger partial charge in [0.1, 0.15) is 5.82 Å². The summed E-state index contributed by atoms with van der Waals surface area (Å²) in [6.07, 6.45) is 0.504. The average Bonchev–Trinajstić information content (AvgIpc) is 2.45. The summed E-state index contributed by atoms with van der Waals surface area (Å²) in [6.45, 7) is 9.41. The van der Waals surface area contributed by atoms with Crippen molar-refractivity contribution in [2.75, 3.05) is 32.7 Å². The Kier molecular flexibility index (Phi) is 5.26. The minimum Gasteiger partial charge on any atom is -0.300 e. The molecule has 0 saturated carbocycles. The minimum atomic E-state index is -0.300. The Morgan fingerprint density at radius 2 is 2.00 bits per heavy atom. The smallest absolute Gasteiger partial charge is 0.164 e. The Bertz CT molecular complexity index is 446. The van der Waals surface area contributed by atoms with Crippen molar-refractivity contribution in [2.24, 2.45) is 0 Å². The van der Waals surface area contributed by atoms with E-state index in [0.29, 0.717) is 18.0 Å². The molecule has 0 N–H and O–H groups in total. The number of hydrogen-bond donors (Lipinski definition) is 0. The number of Topliss-reactive ketones (excluding diaryl/α,β-unsaturated/α-hetero) is 1. The molecule has 0 amide bonds. The molecule has 1 unspecified atom stereocenters. The number of carbonyl (C=O) groups is 1. The van der Waals surface area contributed by atoms with Crippen LogP contribution >= 0.6 is 0 Å². The summed E-state index contributed by atoms with van der Waals surface area (Å²) >= 11 is 0. The van der Waals surface area contributed by atoms with E-state index in [0.717, 1.165) is 32.7 Å². The SMILES string of the molecule is CCN1CCN(CCC(=O)c2ccc(F)cc2)CC1C. The molecule has 2 rings (SSSR count). The summed E-state index contributed by atoms with van der Waals surface area (Å²) in [4.78, 5) is 16.8. The van der Waals surface area contributed by atoms with Gasteiger partial charge in [-0.25, -0.2) is 4.39 Å². The van der Waals surface area contributed by atoms with E-state index >= 15 is 0 Å². The van der Waals surface area contributed by atoms with Crippen LogP contribution in [0.25, 0.3) is 0 Å². The second-order valence-electron chi connectivity index (χ2n) is 5.46. The zero-order valence-corrected chi connectivity index (χ0v) is 12.3. The third kappa shape index (κ3) is 3.87. The Morgan fingerprint density at radius 1 is 1.30 bits per heavy atom. The van der Waals surface area contributed by atoms with Gasteiger partial charge in [0.05, 0.1) is 0 Å². The van der Waals surface area contributed by atoms with Gasteiger partial charge in [-0.1, -0.05) is 6.92 Å². The molecule has 0 radical (unpaired) electrons. The number of likely N-dealkylation sites (N-methyl/N-ethyl adjacent to an activating group) is 1. The maximum Gasteiger partial charge on any atom is 0.164 e. The zero-order chi connectivity index (χ0) is 14.5. The van der Waals surface area contributed by atoms with Crippen LogP contribution < -0.4 is 0 Å². The number of halogens is 1. The van der Waals surface area contributed by atoms with Gasteiger partial charge in [0.2, 0.25) is 0 Å². The molecular formula is C16H23FN2O. The summed E-state index contributed by atoms with van der Waals surface area (Å²) in [5.41, 5.74) is 0.603. The molecule has 1 aliphatic heterocycles. The molecule has 1 heterocycles. The van der Waals surface area contributed by atoms with E-state index in [1.165, 1.54) is 12.1 Å².